The summed E-state index contributed by atoms with van der Waals surface area (Å²) in [6.45, 7) is 0. The molecular formula is C13H8N6O. The number of aromatic nitrogens is 1. The average Bonchev–Trinajstić information content (AvgIpc) is 2.80. The molecule has 96 valence electrons. The monoisotopic (exact) mass is 264 g/mol. The highest BCUT2D eigenvalue weighted by Crippen LogP contribution is 2.26. The van der Waals surface area contributed by atoms with E-state index in [4.69, 9.17) is 16.3 Å². The third-order valence-electron chi connectivity index (χ3n) is 2.49. The van der Waals surface area contributed by atoms with Gasteiger partial charge < -0.3 is 10.7 Å². The molecule has 0 bridgehead atoms. The fraction of sp³-hybridized carbons (Fsp3) is 0. The van der Waals surface area contributed by atoms with Crippen LogP contribution in [0.25, 0.3) is 0 Å². The molecule has 0 saturated carbocycles. The topological polar surface area (TPSA) is 131 Å². The van der Waals surface area contributed by atoms with Crippen molar-refractivity contribution in [2.45, 2.75) is 0 Å². The zero-order valence-corrected chi connectivity index (χ0v) is 10.2. The lowest BCUT2D eigenvalue weighted by Crippen LogP contribution is -1.92. The molecule has 0 aliphatic carbocycles. The molecule has 20 heavy (non-hydrogen) atoms. The van der Waals surface area contributed by atoms with Gasteiger partial charge in [0, 0.05) is 5.56 Å². The predicted octanol–water partition coefficient (Wildman–Crippen LogP) is 2.26. The van der Waals surface area contributed by atoms with Crippen LogP contribution in [0.15, 0.2) is 40.6 Å². The van der Waals surface area contributed by atoms with Crippen molar-refractivity contribution >= 4 is 17.5 Å². The molecule has 7 nitrogen and oxygen atoms in total. The van der Waals surface area contributed by atoms with Crippen LogP contribution in [-0.4, -0.2) is 10.9 Å². The number of hydrogen-bond acceptors (Lipinski definition) is 5. The minimum atomic E-state index is -0.554. The molecule has 0 aliphatic rings. The molecule has 0 radical (unpaired) electrons. The molecule has 0 fully saturated rings. The lowest BCUT2D eigenvalue weighted by molar-refractivity contribution is 0.0995. The van der Waals surface area contributed by atoms with E-state index in [1.807, 2.05) is 0 Å². The first-order valence-corrected chi connectivity index (χ1v) is 5.50. The normalized spacial score (nSPS) is 10.1. The van der Waals surface area contributed by atoms with E-state index in [-0.39, 0.29) is 22.8 Å². The molecule has 1 aromatic heterocycles. The van der Waals surface area contributed by atoms with Gasteiger partial charge in [0.2, 0.25) is 0 Å². The largest absolute Gasteiger partial charge is 0.384 e. The summed E-state index contributed by atoms with van der Waals surface area (Å²) in [5.41, 5.74) is 5.86. The van der Waals surface area contributed by atoms with Gasteiger partial charge in [-0.15, -0.1) is 10.2 Å². The smallest absolute Gasteiger partial charge is 0.295 e. The minimum absolute atomic E-state index is 0.00592. The molecule has 0 atom stereocenters. The number of amides is 1. The minimum Gasteiger partial charge on any atom is -0.384 e. The summed E-state index contributed by atoms with van der Waals surface area (Å²) in [4.78, 5) is 14.3. The predicted molar refractivity (Wildman–Crippen MR) is 69.9 cm³/mol. The number of nitrogens with two attached hydrogens (primary N) is 1. The molecule has 2 aromatic rings. The van der Waals surface area contributed by atoms with Crippen LogP contribution in [0.1, 0.15) is 21.5 Å². The summed E-state index contributed by atoms with van der Waals surface area (Å²) in [6, 6.07) is 11.9. The van der Waals surface area contributed by atoms with Gasteiger partial charge in [0.1, 0.15) is 29.1 Å². The van der Waals surface area contributed by atoms with Crippen molar-refractivity contribution in [2.24, 2.45) is 10.2 Å². The molecular weight excluding hydrogens is 256 g/mol. The number of hydrogen-bond donors (Lipinski definition) is 2. The maximum absolute atomic E-state index is 11.7. The number of carbonyl (C=O) groups excluding carboxylic acids is 1. The van der Waals surface area contributed by atoms with Crippen LogP contribution in [0.4, 0.5) is 11.6 Å². The Hall–Kier alpha value is -3.45. The van der Waals surface area contributed by atoms with Crippen molar-refractivity contribution in [3.8, 4) is 12.1 Å². The lowest BCUT2D eigenvalue weighted by Gasteiger charge is -1.92. The van der Waals surface area contributed by atoms with Crippen LogP contribution in [-0.2, 0) is 0 Å². The van der Waals surface area contributed by atoms with Gasteiger partial charge in [-0.3, -0.25) is 4.79 Å². The zero-order valence-electron chi connectivity index (χ0n) is 10.2. The summed E-state index contributed by atoms with van der Waals surface area (Å²) < 4.78 is 0. The number of nitrogen functional groups attached to an aromatic ring is 1. The van der Waals surface area contributed by atoms with Crippen LogP contribution in [0.3, 0.4) is 0 Å². The van der Waals surface area contributed by atoms with Gasteiger partial charge >= 0.3 is 0 Å². The van der Waals surface area contributed by atoms with Gasteiger partial charge in [-0.2, -0.15) is 10.5 Å². The number of nitrogens with one attached hydrogen (secondary N) is 1. The number of aromatic amines is 1. The van der Waals surface area contributed by atoms with Crippen LogP contribution < -0.4 is 5.73 Å². The number of anilines is 1. The third kappa shape index (κ3) is 2.37. The maximum atomic E-state index is 11.7. The average molecular weight is 264 g/mol. The van der Waals surface area contributed by atoms with Gasteiger partial charge in [-0.1, -0.05) is 18.2 Å². The van der Waals surface area contributed by atoms with Gasteiger partial charge in [0.15, 0.2) is 5.82 Å². The molecule has 0 saturated heterocycles. The van der Waals surface area contributed by atoms with Crippen molar-refractivity contribution in [3.63, 3.8) is 0 Å². The first-order chi connectivity index (χ1) is 9.67. The van der Waals surface area contributed by atoms with Crippen molar-refractivity contribution in [3.05, 3.63) is 47.0 Å². The number of carbonyl (C=O) groups is 1. The van der Waals surface area contributed by atoms with E-state index >= 15 is 0 Å². The molecule has 1 heterocycles. The molecule has 3 N–H and O–H groups in total. The standard InChI is InChI=1S/C13H8N6O/c14-6-9-10(7-15)12(17-11(9)16)18-19-13(20)8-4-2-1-3-5-8/h1-5,17H,16H2. The Balaban J connectivity index is 2.32. The van der Waals surface area contributed by atoms with Gasteiger partial charge in [-0.25, -0.2) is 0 Å². The molecule has 7 heteroatoms. The SMILES string of the molecule is N#Cc1c(N)[nH]c(N=NC(=O)c2ccccc2)c1C#N. The van der Waals surface area contributed by atoms with E-state index in [9.17, 15) is 4.79 Å². The first-order valence-electron chi connectivity index (χ1n) is 5.50. The van der Waals surface area contributed by atoms with Crippen LogP contribution in [0, 0.1) is 22.7 Å². The molecule has 1 amide bonds. The van der Waals surface area contributed by atoms with Crippen LogP contribution in [0.2, 0.25) is 0 Å². The van der Waals surface area contributed by atoms with E-state index < -0.39 is 5.91 Å². The number of azo groups is 1. The Bertz CT molecular complexity index is 761. The van der Waals surface area contributed by atoms with Crippen LogP contribution in [0.5, 0.6) is 0 Å². The van der Waals surface area contributed by atoms with Gasteiger partial charge in [0.25, 0.3) is 5.91 Å². The molecule has 2 rings (SSSR count). The molecule has 0 spiro atoms. The van der Waals surface area contributed by atoms with Crippen LogP contribution >= 0.6 is 0 Å². The van der Waals surface area contributed by atoms with E-state index in [2.05, 4.69) is 15.2 Å². The highest BCUT2D eigenvalue weighted by molar-refractivity contribution is 5.94. The summed E-state index contributed by atoms with van der Waals surface area (Å²) in [7, 11) is 0. The number of rotatable bonds is 2. The Morgan fingerprint density at radius 2 is 1.80 bits per heavy atom. The third-order valence-corrected chi connectivity index (χ3v) is 2.49. The number of nitrogens with zero attached hydrogens (tertiary/aromatic N) is 4. The van der Waals surface area contributed by atoms with E-state index in [1.165, 1.54) is 0 Å². The molecule has 1 aromatic carbocycles. The van der Waals surface area contributed by atoms with E-state index in [0.29, 0.717) is 5.56 Å². The van der Waals surface area contributed by atoms with Crippen molar-refractivity contribution < 1.29 is 4.79 Å². The van der Waals surface area contributed by atoms with Crippen molar-refractivity contribution in [1.29, 1.82) is 10.5 Å². The Morgan fingerprint density at radius 3 is 2.40 bits per heavy atom. The highest BCUT2D eigenvalue weighted by atomic mass is 16.1. The van der Waals surface area contributed by atoms with Gasteiger partial charge in [0.05, 0.1) is 0 Å². The molecule has 0 unspecified atom stereocenters. The summed E-state index contributed by atoms with van der Waals surface area (Å²) >= 11 is 0. The number of nitriles is 2. The second kappa shape index (κ2) is 5.46. The first kappa shape index (κ1) is 13.0. The Labute approximate surface area is 114 Å². The summed E-state index contributed by atoms with van der Waals surface area (Å²) in [6.07, 6.45) is 0. The fourth-order valence-electron chi connectivity index (χ4n) is 1.54. The van der Waals surface area contributed by atoms with E-state index in [1.54, 1.807) is 42.5 Å². The zero-order chi connectivity index (χ0) is 14.5. The van der Waals surface area contributed by atoms with Crippen molar-refractivity contribution in [2.75, 3.05) is 5.73 Å². The second-order valence-electron chi connectivity index (χ2n) is 3.73. The maximum Gasteiger partial charge on any atom is 0.295 e. The fourth-order valence-corrected chi connectivity index (χ4v) is 1.54. The Morgan fingerprint density at radius 1 is 1.15 bits per heavy atom. The van der Waals surface area contributed by atoms with Gasteiger partial charge in [-0.05, 0) is 12.1 Å². The number of H-pyrrole nitrogens is 1. The van der Waals surface area contributed by atoms with E-state index in [0.717, 1.165) is 0 Å². The highest BCUT2D eigenvalue weighted by Gasteiger charge is 2.15. The second-order valence-corrected chi connectivity index (χ2v) is 3.73. The lowest BCUT2D eigenvalue weighted by atomic mass is 10.2. The summed E-state index contributed by atoms with van der Waals surface area (Å²) in [5, 5.41) is 25.0. The molecule has 0 aliphatic heterocycles. The number of benzene rings is 1. The summed E-state index contributed by atoms with van der Waals surface area (Å²) in [5.74, 6) is -0.544. The van der Waals surface area contributed by atoms with Crippen molar-refractivity contribution in [1.82, 2.24) is 4.98 Å². The quantitative estimate of drug-likeness (QED) is 0.805. The Kier molecular flexibility index (Phi) is 3.55.